The molecule has 0 radical (unpaired) electrons. The Bertz CT molecular complexity index is 687. The van der Waals surface area contributed by atoms with Crippen LogP contribution in [0.25, 0.3) is 0 Å². The topological polar surface area (TPSA) is 60.5 Å². The summed E-state index contributed by atoms with van der Waals surface area (Å²) in [7, 11) is 0. The van der Waals surface area contributed by atoms with E-state index in [-0.39, 0.29) is 12.3 Å². The number of ether oxygens (including phenoxy) is 2. The van der Waals surface area contributed by atoms with Crippen molar-refractivity contribution < 1.29 is 14.3 Å². The number of benzene rings is 1. The first-order chi connectivity index (χ1) is 10.1. The van der Waals surface area contributed by atoms with Crippen molar-refractivity contribution in [1.82, 2.24) is 4.98 Å². The zero-order chi connectivity index (χ0) is 14.8. The molecule has 1 aliphatic heterocycles. The molecule has 1 amide bonds. The van der Waals surface area contributed by atoms with Gasteiger partial charge >= 0.3 is 0 Å². The Kier molecular flexibility index (Phi) is 4.12. The van der Waals surface area contributed by atoms with Gasteiger partial charge in [-0.2, -0.15) is 0 Å². The fraction of sp³-hybridized carbons (Fsp3) is 0.286. The molecule has 2 aromatic rings. The van der Waals surface area contributed by atoms with Crippen molar-refractivity contribution in [3.8, 4) is 11.5 Å². The maximum Gasteiger partial charge on any atom is 0.230 e. The molecule has 0 fully saturated rings. The van der Waals surface area contributed by atoms with Crippen molar-refractivity contribution >= 4 is 38.9 Å². The van der Waals surface area contributed by atoms with Crippen molar-refractivity contribution in [1.29, 1.82) is 0 Å². The SMILES string of the molecule is Cc1nc(CC(=O)Nc2cc3c(cc2Br)OCCO3)cs1. The number of anilines is 1. The van der Waals surface area contributed by atoms with Crippen molar-refractivity contribution in [2.75, 3.05) is 18.5 Å². The number of hydrogen-bond acceptors (Lipinski definition) is 5. The van der Waals surface area contributed by atoms with Crippen LogP contribution in [0.2, 0.25) is 0 Å². The van der Waals surface area contributed by atoms with Crippen LogP contribution in [0.3, 0.4) is 0 Å². The Hall–Kier alpha value is -1.60. The third kappa shape index (κ3) is 3.36. The van der Waals surface area contributed by atoms with E-state index in [1.54, 1.807) is 12.1 Å². The van der Waals surface area contributed by atoms with Gasteiger partial charge in [-0.15, -0.1) is 11.3 Å². The van der Waals surface area contributed by atoms with Gasteiger partial charge in [-0.1, -0.05) is 0 Å². The molecule has 3 rings (SSSR count). The van der Waals surface area contributed by atoms with Gasteiger partial charge < -0.3 is 14.8 Å². The standard InChI is InChI=1S/C14H13BrN2O3S/c1-8-16-9(7-21-8)4-14(18)17-11-6-13-12(5-10(11)15)19-2-3-20-13/h5-7H,2-4H2,1H3,(H,17,18). The number of nitrogens with zero attached hydrogens (tertiary/aromatic N) is 1. The number of nitrogens with one attached hydrogen (secondary N) is 1. The van der Waals surface area contributed by atoms with E-state index in [1.165, 1.54) is 11.3 Å². The second-order valence-electron chi connectivity index (χ2n) is 4.56. The summed E-state index contributed by atoms with van der Waals surface area (Å²) in [4.78, 5) is 16.4. The Morgan fingerprint density at radius 1 is 1.38 bits per heavy atom. The molecule has 0 spiro atoms. The first kappa shape index (κ1) is 14.3. The molecule has 0 bridgehead atoms. The van der Waals surface area contributed by atoms with E-state index in [0.29, 0.717) is 30.4 Å². The summed E-state index contributed by atoms with van der Waals surface area (Å²) in [5.41, 5.74) is 1.44. The maximum atomic E-state index is 12.1. The van der Waals surface area contributed by atoms with E-state index in [9.17, 15) is 4.79 Å². The minimum atomic E-state index is -0.113. The number of fused-ring (bicyclic) bond motifs is 1. The third-order valence-electron chi connectivity index (χ3n) is 2.91. The van der Waals surface area contributed by atoms with Gasteiger partial charge in [0.25, 0.3) is 0 Å². The molecule has 5 nitrogen and oxygen atoms in total. The molecular formula is C14H13BrN2O3S. The number of halogens is 1. The van der Waals surface area contributed by atoms with E-state index in [0.717, 1.165) is 15.2 Å². The number of carbonyl (C=O) groups excluding carboxylic acids is 1. The predicted octanol–water partition coefficient (Wildman–Crippen LogP) is 3.17. The lowest BCUT2D eigenvalue weighted by molar-refractivity contribution is -0.115. The second-order valence-corrected chi connectivity index (χ2v) is 6.48. The average Bonchev–Trinajstić information content (AvgIpc) is 2.85. The monoisotopic (exact) mass is 368 g/mol. The van der Waals surface area contributed by atoms with Crippen LogP contribution in [0.15, 0.2) is 22.0 Å². The molecule has 0 atom stereocenters. The largest absolute Gasteiger partial charge is 0.486 e. The van der Waals surface area contributed by atoms with Gasteiger partial charge in [0.05, 0.1) is 22.8 Å². The Labute approximate surface area is 134 Å². The predicted molar refractivity (Wildman–Crippen MR) is 84.3 cm³/mol. The summed E-state index contributed by atoms with van der Waals surface area (Å²) in [5, 5.41) is 5.71. The summed E-state index contributed by atoms with van der Waals surface area (Å²) >= 11 is 4.97. The van der Waals surface area contributed by atoms with Gasteiger partial charge in [-0.3, -0.25) is 4.79 Å². The lowest BCUT2D eigenvalue weighted by Crippen LogP contribution is -2.17. The van der Waals surface area contributed by atoms with E-state index in [2.05, 4.69) is 26.2 Å². The lowest BCUT2D eigenvalue weighted by Gasteiger charge is -2.20. The zero-order valence-electron chi connectivity index (χ0n) is 11.3. The summed E-state index contributed by atoms with van der Waals surface area (Å²) in [6.45, 7) is 2.97. The number of thiazole rings is 1. The molecule has 7 heteroatoms. The van der Waals surface area contributed by atoms with Crippen LogP contribution in [0, 0.1) is 6.92 Å². The van der Waals surface area contributed by atoms with Crippen molar-refractivity contribution in [2.45, 2.75) is 13.3 Å². The Balaban J connectivity index is 1.73. The summed E-state index contributed by atoms with van der Waals surface area (Å²) in [6.07, 6.45) is 0.255. The van der Waals surface area contributed by atoms with E-state index < -0.39 is 0 Å². The molecule has 0 saturated heterocycles. The van der Waals surface area contributed by atoms with Crippen LogP contribution in [0.5, 0.6) is 11.5 Å². The molecule has 1 aliphatic rings. The van der Waals surface area contributed by atoms with Crippen molar-refractivity contribution in [2.24, 2.45) is 0 Å². The third-order valence-corrected chi connectivity index (χ3v) is 4.39. The highest BCUT2D eigenvalue weighted by Gasteiger charge is 2.16. The number of aryl methyl sites for hydroxylation is 1. The first-order valence-electron chi connectivity index (χ1n) is 6.42. The summed E-state index contributed by atoms with van der Waals surface area (Å²) in [5.74, 6) is 1.21. The number of rotatable bonds is 3. The molecule has 0 saturated carbocycles. The lowest BCUT2D eigenvalue weighted by atomic mass is 10.2. The summed E-state index contributed by atoms with van der Waals surface area (Å²) in [6, 6.07) is 3.57. The minimum Gasteiger partial charge on any atom is -0.486 e. The Morgan fingerprint density at radius 2 is 2.10 bits per heavy atom. The minimum absolute atomic E-state index is 0.113. The molecule has 21 heavy (non-hydrogen) atoms. The molecule has 0 aliphatic carbocycles. The van der Waals surface area contributed by atoms with Crippen LogP contribution in [-0.4, -0.2) is 24.1 Å². The van der Waals surface area contributed by atoms with Crippen LogP contribution in [-0.2, 0) is 11.2 Å². The fourth-order valence-electron chi connectivity index (χ4n) is 2.01. The van der Waals surface area contributed by atoms with Gasteiger partial charge in [0.1, 0.15) is 13.2 Å². The van der Waals surface area contributed by atoms with Gasteiger partial charge in [-0.05, 0) is 22.9 Å². The highest BCUT2D eigenvalue weighted by molar-refractivity contribution is 9.10. The van der Waals surface area contributed by atoms with Crippen LogP contribution in [0.4, 0.5) is 5.69 Å². The Morgan fingerprint density at radius 3 is 2.76 bits per heavy atom. The van der Waals surface area contributed by atoms with Gasteiger partial charge in [0, 0.05) is 22.0 Å². The van der Waals surface area contributed by atoms with Crippen LogP contribution < -0.4 is 14.8 Å². The maximum absolute atomic E-state index is 12.1. The average molecular weight is 369 g/mol. The number of carbonyl (C=O) groups is 1. The van der Waals surface area contributed by atoms with E-state index >= 15 is 0 Å². The van der Waals surface area contributed by atoms with Gasteiger partial charge in [-0.25, -0.2) is 4.98 Å². The normalized spacial score (nSPS) is 13.0. The zero-order valence-corrected chi connectivity index (χ0v) is 13.7. The molecule has 0 unspecified atom stereocenters. The van der Waals surface area contributed by atoms with Gasteiger partial charge in [0.15, 0.2) is 11.5 Å². The first-order valence-corrected chi connectivity index (χ1v) is 8.09. The number of aromatic nitrogens is 1. The van der Waals surface area contributed by atoms with Gasteiger partial charge in [0.2, 0.25) is 5.91 Å². The van der Waals surface area contributed by atoms with Crippen LogP contribution in [0.1, 0.15) is 10.7 Å². The summed E-state index contributed by atoms with van der Waals surface area (Å²) < 4.78 is 11.8. The molecule has 2 heterocycles. The highest BCUT2D eigenvalue weighted by atomic mass is 79.9. The fourth-order valence-corrected chi connectivity index (χ4v) is 3.04. The highest BCUT2D eigenvalue weighted by Crippen LogP contribution is 2.38. The van der Waals surface area contributed by atoms with E-state index in [4.69, 9.17) is 9.47 Å². The molecular weight excluding hydrogens is 356 g/mol. The van der Waals surface area contributed by atoms with Crippen LogP contribution >= 0.6 is 27.3 Å². The number of amides is 1. The number of hydrogen-bond donors (Lipinski definition) is 1. The molecule has 1 aromatic heterocycles. The molecule has 1 aromatic carbocycles. The van der Waals surface area contributed by atoms with Crippen molar-refractivity contribution in [3.05, 3.63) is 32.7 Å². The molecule has 1 N–H and O–H groups in total. The van der Waals surface area contributed by atoms with Crippen molar-refractivity contribution in [3.63, 3.8) is 0 Å². The smallest absolute Gasteiger partial charge is 0.230 e. The second kappa shape index (κ2) is 6.03. The quantitative estimate of drug-likeness (QED) is 0.903. The van der Waals surface area contributed by atoms with E-state index in [1.807, 2.05) is 12.3 Å². The molecule has 110 valence electrons.